The Kier molecular flexibility index (Phi) is 8.38. The number of pyridine rings is 1. The maximum Gasteiger partial charge on any atom is 0.227 e. The lowest BCUT2D eigenvalue weighted by Gasteiger charge is -2.36. The first kappa shape index (κ1) is 23.8. The number of rotatable bonds is 5. The summed E-state index contributed by atoms with van der Waals surface area (Å²) in [5.74, 6) is 0.103. The zero-order chi connectivity index (χ0) is 20.9. The highest BCUT2D eigenvalue weighted by Crippen LogP contribution is 2.23. The number of piperazine rings is 1. The van der Waals surface area contributed by atoms with Crippen molar-refractivity contribution >= 4 is 29.9 Å². The molecule has 1 aromatic carbocycles. The summed E-state index contributed by atoms with van der Waals surface area (Å²) in [6, 6.07) is 11.5. The molecule has 1 unspecified atom stereocenters. The zero-order valence-corrected chi connectivity index (χ0v) is 18.7. The normalized spacial score (nSPS) is 16.5. The third-order valence-electron chi connectivity index (χ3n) is 4.92. The minimum atomic E-state index is -0.0510. The van der Waals surface area contributed by atoms with E-state index in [4.69, 9.17) is 0 Å². The van der Waals surface area contributed by atoms with Gasteiger partial charge in [-0.15, -0.1) is 12.4 Å². The number of carbonyl (C=O) groups is 2. The summed E-state index contributed by atoms with van der Waals surface area (Å²) in [7, 11) is 0. The second-order valence-corrected chi connectivity index (χ2v) is 8.75. The number of halogens is 1. The third kappa shape index (κ3) is 6.82. The number of benzene rings is 1. The summed E-state index contributed by atoms with van der Waals surface area (Å²) in [6.07, 6.45) is 4.37. The van der Waals surface area contributed by atoms with E-state index in [0.29, 0.717) is 19.4 Å². The Balaban J connectivity index is 0.00000320. The van der Waals surface area contributed by atoms with Gasteiger partial charge >= 0.3 is 0 Å². The van der Waals surface area contributed by atoms with Crippen LogP contribution >= 0.6 is 12.4 Å². The molecule has 0 saturated carbocycles. The minimum Gasteiger partial charge on any atom is -0.333 e. The summed E-state index contributed by atoms with van der Waals surface area (Å²) in [5.41, 5.74) is 2.69. The maximum atomic E-state index is 13.0. The number of hydrogen-bond acceptors (Lipinski definition) is 4. The summed E-state index contributed by atoms with van der Waals surface area (Å²) in [5, 5.41) is 6.28. The predicted octanol–water partition coefficient (Wildman–Crippen LogP) is 3.59. The van der Waals surface area contributed by atoms with Crippen molar-refractivity contribution < 1.29 is 9.59 Å². The van der Waals surface area contributed by atoms with Crippen LogP contribution in [0.15, 0.2) is 48.8 Å². The first-order chi connectivity index (χ1) is 13.8. The number of hydrogen-bond donors (Lipinski definition) is 2. The lowest BCUT2D eigenvalue weighted by Crippen LogP contribution is -2.49. The number of anilines is 1. The molecule has 2 aromatic rings. The fourth-order valence-electron chi connectivity index (χ4n) is 3.54. The number of amides is 2. The first-order valence-corrected chi connectivity index (χ1v) is 10.1. The molecule has 162 valence electrons. The van der Waals surface area contributed by atoms with Gasteiger partial charge in [0, 0.05) is 44.1 Å². The van der Waals surface area contributed by atoms with E-state index in [1.165, 1.54) is 0 Å². The highest BCUT2D eigenvalue weighted by Gasteiger charge is 2.27. The molecule has 1 aliphatic rings. The molecule has 30 heavy (non-hydrogen) atoms. The molecule has 0 radical (unpaired) electrons. The molecular formula is C23H31ClN4O2. The number of nitrogens with one attached hydrogen (secondary N) is 2. The standard InChI is InChI=1S/C23H30N4O2.ClH/c1-23(2,3)14-21(28)26-19-8-6-17(7-9-19)13-22(29)27-12-11-25-16-20(27)18-5-4-10-24-15-18;/h4-10,15,20,25H,11-14,16H2,1-3H3,(H,26,28);1H. The second kappa shape index (κ2) is 10.5. The van der Waals surface area contributed by atoms with E-state index in [1.807, 2.05) is 68.3 Å². The molecule has 1 atom stereocenters. The fourth-order valence-corrected chi connectivity index (χ4v) is 3.54. The number of carbonyl (C=O) groups excluding carboxylic acids is 2. The number of nitrogens with zero attached hydrogens (tertiary/aromatic N) is 2. The molecule has 0 bridgehead atoms. The van der Waals surface area contributed by atoms with Gasteiger partial charge in [-0.3, -0.25) is 14.6 Å². The van der Waals surface area contributed by atoms with Gasteiger partial charge in [0.2, 0.25) is 11.8 Å². The Bertz CT molecular complexity index is 835. The van der Waals surface area contributed by atoms with Crippen molar-refractivity contribution in [2.45, 2.75) is 39.7 Å². The minimum absolute atomic E-state index is 0. The maximum absolute atomic E-state index is 13.0. The number of aromatic nitrogens is 1. The highest BCUT2D eigenvalue weighted by atomic mass is 35.5. The van der Waals surface area contributed by atoms with Crippen molar-refractivity contribution in [3.8, 4) is 0 Å². The van der Waals surface area contributed by atoms with Crippen LogP contribution in [0.3, 0.4) is 0 Å². The Morgan fingerprint density at radius 2 is 1.93 bits per heavy atom. The van der Waals surface area contributed by atoms with Crippen LogP contribution in [0.5, 0.6) is 0 Å². The molecular weight excluding hydrogens is 400 g/mol. The van der Waals surface area contributed by atoms with Gasteiger partial charge in [0.25, 0.3) is 0 Å². The Morgan fingerprint density at radius 3 is 2.57 bits per heavy atom. The molecule has 0 aliphatic carbocycles. The van der Waals surface area contributed by atoms with Crippen LogP contribution in [-0.2, 0) is 16.0 Å². The van der Waals surface area contributed by atoms with Crippen LogP contribution in [0.25, 0.3) is 0 Å². The Morgan fingerprint density at radius 1 is 1.20 bits per heavy atom. The third-order valence-corrected chi connectivity index (χ3v) is 4.92. The first-order valence-electron chi connectivity index (χ1n) is 10.1. The lowest BCUT2D eigenvalue weighted by atomic mass is 9.92. The summed E-state index contributed by atoms with van der Waals surface area (Å²) in [4.78, 5) is 31.2. The van der Waals surface area contributed by atoms with Crippen LogP contribution in [0.2, 0.25) is 0 Å². The van der Waals surface area contributed by atoms with E-state index in [1.54, 1.807) is 6.20 Å². The molecule has 2 N–H and O–H groups in total. The monoisotopic (exact) mass is 430 g/mol. The van der Waals surface area contributed by atoms with E-state index in [9.17, 15) is 9.59 Å². The lowest BCUT2D eigenvalue weighted by molar-refractivity contribution is -0.133. The van der Waals surface area contributed by atoms with E-state index in [2.05, 4.69) is 15.6 Å². The second-order valence-electron chi connectivity index (χ2n) is 8.75. The average Bonchev–Trinajstić information content (AvgIpc) is 2.68. The average molecular weight is 431 g/mol. The topological polar surface area (TPSA) is 74.3 Å². The van der Waals surface area contributed by atoms with E-state index in [0.717, 1.165) is 29.9 Å². The van der Waals surface area contributed by atoms with Crippen molar-refractivity contribution in [1.82, 2.24) is 15.2 Å². The van der Waals surface area contributed by atoms with Crippen molar-refractivity contribution in [2.24, 2.45) is 5.41 Å². The molecule has 2 heterocycles. The molecule has 6 nitrogen and oxygen atoms in total. The predicted molar refractivity (Wildman–Crippen MR) is 122 cm³/mol. The fraction of sp³-hybridized carbons (Fsp3) is 0.435. The van der Waals surface area contributed by atoms with Crippen LogP contribution in [0.4, 0.5) is 5.69 Å². The summed E-state index contributed by atoms with van der Waals surface area (Å²) in [6.45, 7) is 8.32. The van der Waals surface area contributed by atoms with Gasteiger partial charge in [-0.05, 0) is 34.7 Å². The van der Waals surface area contributed by atoms with Gasteiger partial charge < -0.3 is 15.5 Å². The van der Waals surface area contributed by atoms with Crippen LogP contribution in [0.1, 0.15) is 44.4 Å². The smallest absolute Gasteiger partial charge is 0.227 e. The van der Waals surface area contributed by atoms with E-state index < -0.39 is 0 Å². The van der Waals surface area contributed by atoms with Gasteiger partial charge in [-0.25, -0.2) is 0 Å². The Labute approximate surface area is 184 Å². The highest BCUT2D eigenvalue weighted by molar-refractivity contribution is 5.91. The van der Waals surface area contributed by atoms with Crippen LogP contribution in [0, 0.1) is 5.41 Å². The van der Waals surface area contributed by atoms with Gasteiger partial charge in [-0.1, -0.05) is 39.0 Å². The molecule has 7 heteroatoms. The van der Waals surface area contributed by atoms with Crippen LogP contribution in [-0.4, -0.2) is 41.3 Å². The van der Waals surface area contributed by atoms with Crippen LogP contribution < -0.4 is 10.6 Å². The van der Waals surface area contributed by atoms with Gasteiger partial charge in [0.1, 0.15) is 0 Å². The molecule has 1 fully saturated rings. The quantitative estimate of drug-likeness (QED) is 0.760. The summed E-state index contributed by atoms with van der Waals surface area (Å²) < 4.78 is 0. The SMILES string of the molecule is CC(C)(C)CC(=O)Nc1ccc(CC(=O)N2CCNCC2c2cccnc2)cc1.Cl. The van der Waals surface area contributed by atoms with Crippen molar-refractivity contribution in [3.05, 3.63) is 59.9 Å². The van der Waals surface area contributed by atoms with Crippen molar-refractivity contribution in [2.75, 3.05) is 25.0 Å². The Hall–Kier alpha value is -2.44. The van der Waals surface area contributed by atoms with Gasteiger partial charge in [0.05, 0.1) is 12.5 Å². The summed E-state index contributed by atoms with van der Waals surface area (Å²) >= 11 is 0. The molecule has 1 aliphatic heterocycles. The van der Waals surface area contributed by atoms with Gasteiger partial charge in [0.15, 0.2) is 0 Å². The van der Waals surface area contributed by atoms with Gasteiger partial charge in [-0.2, -0.15) is 0 Å². The molecule has 0 spiro atoms. The van der Waals surface area contributed by atoms with Crippen molar-refractivity contribution in [3.63, 3.8) is 0 Å². The molecule has 1 saturated heterocycles. The molecule has 3 rings (SSSR count). The molecule has 2 amide bonds. The van der Waals surface area contributed by atoms with Crippen molar-refractivity contribution in [1.29, 1.82) is 0 Å². The van der Waals surface area contributed by atoms with E-state index >= 15 is 0 Å². The zero-order valence-electron chi connectivity index (χ0n) is 17.9. The van der Waals surface area contributed by atoms with E-state index in [-0.39, 0.29) is 35.7 Å². The largest absolute Gasteiger partial charge is 0.333 e. The molecule has 1 aromatic heterocycles.